The molecule has 0 saturated heterocycles. The monoisotopic (exact) mass is 295 g/mol. The molecule has 0 radical (unpaired) electrons. The number of nitrogens with zero attached hydrogens (tertiary/aromatic N) is 3. The van der Waals surface area contributed by atoms with Crippen molar-refractivity contribution in [1.82, 2.24) is 15.0 Å². The number of rotatable bonds is 5. The lowest BCUT2D eigenvalue weighted by Crippen LogP contribution is -2.08. The summed E-state index contributed by atoms with van der Waals surface area (Å²) < 4.78 is 1.25. The van der Waals surface area contributed by atoms with Crippen LogP contribution >= 0.6 is 11.6 Å². The number of hydrogen-bond acceptors (Lipinski definition) is 4. The van der Waals surface area contributed by atoms with E-state index in [0.29, 0.717) is 10.6 Å². The summed E-state index contributed by atoms with van der Waals surface area (Å²) in [7, 11) is 0. The third-order valence-corrected chi connectivity index (χ3v) is 2.81. The van der Waals surface area contributed by atoms with E-state index in [0.717, 1.165) is 0 Å². The summed E-state index contributed by atoms with van der Waals surface area (Å²) in [6.45, 7) is 0.0253. The molecule has 0 aliphatic rings. The number of carboxylic acid groups (broad SMARTS) is 2. The summed E-state index contributed by atoms with van der Waals surface area (Å²) in [6, 6.07) is 6.55. The molecule has 104 valence electrons. The molecule has 2 N–H and O–H groups in total. The first-order chi connectivity index (χ1) is 9.49. The number of aromatic carboxylic acids is 1. The maximum atomic E-state index is 11.2. The van der Waals surface area contributed by atoms with Gasteiger partial charge in [-0.1, -0.05) is 28.9 Å². The Morgan fingerprint density at radius 3 is 2.65 bits per heavy atom. The van der Waals surface area contributed by atoms with E-state index in [4.69, 9.17) is 21.8 Å². The van der Waals surface area contributed by atoms with Crippen molar-refractivity contribution in [2.45, 2.75) is 13.0 Å². The van der Waals surface area contributed by atoms with E-state index in [1.807, 2.05) is 0 Å². The highest BCUT2D eigenvalue weighted by Crippen LogP contribution is 2.25. The quantitative estimate of drug-likeness (QED) is 0.871. The van der Waals surface area contributed by atoms with Gasteiger partial charge in [-0.25, -0.2) is 9.48 Å². The second kappa shape index (κ2) is 5.70. The topological polar surface area (TPSA) is 105 Å². The minimum atomic E-state index is -1.23. The van der Waals surface area contributed by atoms with Gasteiger partial charge in [-0.2, -0.15) is 0 Å². The summed E-state index contributed by atoms with van der Waals surface area (Å²) in [6.07, 6.45) is -0.185. The number of benzene rings is 1. The van der Waals surface area contributed by atoms with Crippen LogP contribution in [0.3, 0.4) is 0 Å². The van der Waals surface area contributed by atoms with Crippen molar-refractivity contribution in [1.29, 1.82) is 0 Å². The molecule has 0 aliphatic carbocycles. The highest BCUT2D eigenvalue weighted by atomic mass is 35.5. The molecule has 0 spiro atoms. The summed E-state index contributed by atoms with van der Waals surface area (Å²) in [4.78, 5) is 21.8. The van der Waals surface area contributed by atoms with Crippen LogP contribution in [0.15, 0.2) is 24.3 Å². The van der Waals surface area contributed by atoms with Gasteiger partial charge in [0.1, 0.15) is 5.69 Å². The molecule has 0 saturated carbocycles. The van der Waals surface area contributed by atoms with Gasteiger partial charge >= 0.3 is 11.9 Å². The number of hydrogen-bond donors (Lipinski definition) is 2. The molecular formula is C12H10ClN3O4. The lowest BCUT2D eigenvalue weighted by Gasteiger charge is -2.06. The Bertz CT molecular complexity index is 668. The lowest BCUT2D eigenvalue weighted by atomic mass is 10.1. The maximum absolute atomic E-state index is 11.2. The molecule has 1 aromatic heterocycles. The molecule has 1 aromatic carbocycles. The minimum absolute atomic E-state index is 0.0253. The van der Waals surface area contributed by atoms with Gasteiger partial charge in [0.2, 0.25) is 0 Å². The number of carboxylic acids is 2. The zero-order chi connectivity index (χ0) is 14.7. The van der Waals surface area contributed by atoms with Crippen molar-refractivity contribution >= 4 is 23.5 Å². The minimum Gasteiger partial charge on any atom is -0.481 e. The number of halogens is 1. The van der Waals surface area contributed by atoms with E-state index in [1.54, 1.807) is 24.3 Å². The van der Waals surface area contributed by atoms with E-state index in [1.165, 1.54) is 4.68 Å². The fourth-order valence-electron chi connectivity index (χ4n) is 1.74. The van der Waals surface area contributed by atoms with Crippen molar-refractivity contribution in [3.63, 3.8) is 0 Å². The number of aromatic nitrogens is 3. The number of aliphatic carboxylic acids is 1. The first-order valence-corrected chi connectivity index (χ1v) is 6.01. The van der Waals surface area contributed by atoms with Gasteiger partial charge in [0.25, 0.3) is 0 Å². The summed E-state index contributed by atoms with van der Waals surface area (Å²) in [5.41, 5.74) is 0.518. The molecule has 20 heavy (non-hydrogen) atoms. The Morgan fingerprint density at radius 1 is 1.30 bits per heavy atom. The van der Waals surface area contributed by atoms with Gasteiger partial charge in [0, 0.05) is 10.6 Å². The van der Waals surface area contributed by atoms with Crippen LogP contribution < -0.4 is 0 Å². The first kappa shape index (κ1) is 14.0. The molecule has 0 fully saturated rings. The van der Waals surface area contributed by atoms with Crippen LogP contribution in [0.1, 0.15) is 16.9 Å². The Hall–Kier alpha value is -2.41. The van der Waals surface area contributed by atoms with Gasteiger partial charge in [0.15, 0.2) is 5.69 Å². The summed E-state index contributed by atoms with van der Waals surface area (Å²) in [5.74, 6) is -2.24. The van der Waals surface area contributed by atoms with Crippen molar-refractivity contribution in [3.8, 4) is 11.3 Å². The molecule has 2 aromatic rings. The van der Waals surface area contributed by atoms with Crippen LogP contribution in [-0.2, 0) is 11.3 Å². The number of aryl methyl sites for hydroxylation is 1. The zero-order valence-electron chi connectivity index (χ0n) is 10.2. The van der Waals surface area contributed by atoms with E-state index in [2.05, 4.69) is 10.3 Å². The molecule has 1 heterocycles. The normalized spacial score (nSPS) is 10.4. The van der Waals surface area contributed by atoms with Crippen molar-refractivity contribution in [2.75, 3.05) is 0 Å². The van der Waals surface area contributed by atoms with Crippen molar-refractivity contribution < 1.29 is 19.8 Å². The average molecular weight is 296 g/mol. The Morgan fingerprint density at radius 2 is 2.05 bits per heavy atom. The third-order valence-electron chi connectivity index (χ3n) is 2.57. The molecular weight excluding hydrogens is 286 g/mol. The van der Waals surface area contributed by atoms with Crippen LogP contribution in [0.4, 0.5) is 0 Å². The van der Waals surface area contributed by atoms with Gasteiger partial charge in [-0.05, 0) is 12.1 Å². The van der Waals surface area contributed by atoms with E-state index >= 15 is 0 Å². The standard InChI is InChI=1S/C12H10ClN3O4/c13-8-3-1-2-7(6-8)11-10(12(19)20)14-15-16(11)5-4-9(17)18/h1-3,6H,4-5H2,(H,17,18)(H,19,20). The molecule has 8 heteroatoms. The smallest absolute Gasteiger partial charge is 0.358 e. The molecule has 0 bridgehead atoms. The first-order valence-electron chi connectivity index (χ1n) is 5.63. The molecule has 0 atom stereocenters. The van der Waals surface area contributed by atoms with Crippen LogP contribution in [-0.4, -0.2) is 37.1 Å². The summed E-state index contributed by atoms with van der Waals surface area (Å²) in [5, 5.41) is 25.5. The Kier molecular flexibility index (Phi) is 3.99. The van der Waals surface area contributed by atoms with E-state index < -0.39 is 11.9 Å². The molecule has 2 rings (SSSR count). The number of carbonyl (C=O) groups is 2. The van der Waals surface area contributed by atoms with Crippen molar-refractivity contribution in [2.24, 2.45) is 0 Å². The van der Waals surface area contributed by atoms with Crippen molar-refractivity contribution in [3.05, 3.63) is 35.0 Å². The maximum Gasteiger partial charge on any atom is 0.358 e. The second-order valence-corrected chi connectivity index (χ2v) is 4.41. The molecule has 7 nitrogen and oxygen atoms in total. The van der Waals surface area contributed by atoms with Crippen LogP contribution in [0.5, 0.6) is 0 Å². The van der Waals surface area contributed by atoms with E-state index in [-0.39, 0.29) is 24.4 Å². The Balaban J connectivity index is 2.49. The fourth-order valence-corrected chi connectivity index (χ4v) is 1.93. The van der Waals surface area contributed by atoms with E-state index in [9.17, 15) is 9.59 Å². The van der Waals surface area contributed by atoms with Gasteiger partial charge in [0.05, 0.1) is 13.0 Å². The predicted molar refractivity (Wildman–Crippen MR) is 69.7 cm³/mol. The second-order valence-electron chi connectivity index (χ2n) is 3.97. The largest absolute Gasteiger partial charge is 0.481 e. The van der Waals surface area contributed by atoms with Crippen LogP contribution in [0.2, 0.25) is 5.02 Å². The van der Waals surface area contributed by atoms with Gasteiger partial charge < -0.3 is 10.2 Å². The lowest BCUT2D eigenvalue weighted by molar-refractivity contribution is -0.137. The van der Waals surface area contributed by atoms with Gasteiger partial charge in [-0.15, -0.1) is 5.10 Å². The Labute approximate surface area is 118 Å². The SMILES string of the molecule is O=C(O)CCn1nnc(C(=O)O)c1-c1cccc(Cl)c1. The molecule has 0 amide bonds. The molecule has 0 aliphatic heterocycles. The summed E-state index contributed by atoms with van der Waals surface area (Å²) >= 11 is 5.88. The third kappa shape index (κ3) is 2.94. The van der Waals surface area contributed by atoms with Crippen LogP contribution in [0.25, 0.3) is 11.3 Å². The average Bonchev–Trinajstić information content (AvgIpc) is 2.80. The highest BCUT2D eigenvalue weighted by molar-refractivity contribution is 6.30. The van der Waals surface area contributed by atoms with Crippen LogP contribution in [0, 0.1) is 0 Å². The predicted octanol–water partition coefficient (Wildman–Crippen LogP) is 1.77. The highest BCUT2D eigenvalue weighted by Gasteiger charge is 2.21. The van der Waals surface area contributed by atoms with Gasteiger partial charge in [-0.3, -0.25) is 4.79 Å². The fraction of sp³-hybridized carbons (Fsp3) is 0.167. The zero-order valence-corrected chi connectivity index (χ0v) is 10.9. The molecule has 0 unspecified atom stereocenters.